The zero-order chi connectivity index (χ0) is 23.8. The number of carbonyl (C=O) groups is 2. The zero-order valence-electron chi connectivity index (χ0n) is 20.5. The van der Waals surface area contributed by atoms with Crippen LogP contribution in [-0.2, 0) is 9.59 Å². The number of hydrogen-bond acceptors (Lipinski definition) is 4. The van der Waals surface area contributed by atoms with Crippen molar-refractivity contribution in [3.8, 4) is 0 Å². The quantitative estimate of drug-likeness (QED) is 0.281. The average Bonchev–Trinajstić information content (AvgIpc) is 2.72. The summed E-state index contributed by atoms with van der Waals surface area (Å²) >= 11 is 4.20. The summed E-state index contributed by atoms with van der Waals surface area (Å²) in [5.74, 6) is -1.38. The van der Waals surface area contributed by atoms with Crippen LogP contribution >= 0.6 is 23.5 Å². The molecular weight excluding hydrogens is 440 g/mol. The summed E-state index contributed by atoms with van der Waals surface area (Å²) in [5, 5.41) is 21.1. The van der Waals surface area contributed by atoms with Crippen LogP contribution in [0.5, 0.6) is 0 Å². The zero-order valence-corrected chi connectivity index (χ0v) is 22.1. The van der Waals surface area contributed by atoms with Gasteiger partial charge in [-0.25, -0.2) is 0 Å². The predicted octanol–water partition coefficient (Wildman–Crippen LogP) is 7.41. The van der Waals surface area contributed by atoms with Gasteiger partial charge in [0.25, 0.3) is 0 Å². The van der Waals surface area contributed by atoms with Gasteiger partial charge < -0.3 is 10.2 Å². The number of thioether (sulfide) groups is 2. The van der Waals surface area contributed by atoms with Crippen LogP contribution in [0, 0.1) is 10.8 Å². The number of carboxylic acids is 2. The third kappa shape index (κ3) is 9.32. The fourth-order valence-electron chi connectivity index (χ4n) is 4.57. The Morgan fingerprint density at radius 2 is 1.12 bits per heavy atom. The molecule has 0 aromatic heterocycles. The summed E-state index contributed by atoms with van der Waals surface area (Å²) in [6.07, 6.45) is 18.2. The Morgan fingerprint density at radius 3 is 1.47 bits per heavy atom. The van der Waals surface area contributed by atoms with Crippen molar-refractivity contribution in [3.63, 3.8) is 0 Å². The number of hydrogen-bond donors (Lipinski definition) is 2. The highest BCUT2D eigenvalue weighted by atomic mass is 32.2. The second kappa shape index (κ2) is 12.7. The molecule has 0 bridgehead atoms. The van der Waals surface area contributed by atoms with Gasteiger partial charge in [0.05, 0.1) is 10.8 Å². The van der Waals surface area contributed by atoms with Crippen LogP contribution < -0.4 is 0 Å². The lowest BCUT2D eigenvalue weighted by Crippen LogP contribution is -2.24. The Hall–Kier alpha value is -0.620. The molecule has 0 amide bonds. The molecule has 0 spiro atoms. The van der Waals surface area contributed by atoms with Crippen molar-refractivity contribution in [3.05, 3.63) is 12.2 Å². The topological polar surface area (TPSA) is 74.6 Å². The summed E-state index contributed by atoms with van der Waals surface area (Å²) in [6, 6.07) is 0. The minimum atomic E-state index is -0.691. The Bertz CT molecular complexity index is 590. The van der Waals surface area contributed by atoms with Gasteiger partial charge in [0.2, 0.25) is 0 Å². The largest absolute Gasteiger partial charge is 0.481 e. The third-order valence-electron chi connectivity index (χ3n) is 7.12. The van der Waals surface area contributed by atoms with Gasteiger partial charge in [-0.15, -0.1) is 0 Å². The maximum atomic E-state index is 11.3. The van der Waals surface area contributed by atoms with Gasteiger partial charge in [0.1, 0.15) is 0 Å². The fourth-order valence-corrected chi connectivity index (χ4v) is 7.74. The lowest BCUT2D eigenvalue weighted by atomic mass is 9.87. The minimum absolute atomic E-state index is 0.596. The Labute approximate surface area is 203 Å². The molecule has 184 valence electrons. The number of carboxylic acid groups (broad SMARTS) is 2. The van der Waals surface area contributed by atoms with Crippen LogP contribution in [-0.4, -0.2) is 43.2 Å². The monoisotopic (exact) mass is 484 g/mol. The first-order valence-electron chi connectivity index (χ1n) is 12.5. The molecule has 2 saturated heterocycles. The van der Waals surface area contributed by atoms with Gasteiger partial charge >= 0.3 is 11.9 Å². The lowest BCUT2D eigenvalue weighted by Gasteiger charge is -2.30. The second-order valence-corrected chi connectivity index (χ2v) is 14.1. The molecule has 0 aromatic carbocycles. The molecule has 0 saturated carbocycles. The molecule has 2 fully saturated rings. The van der Waals surface area contributed by atoms with Crippen LogP contribution in [0.4, 0.5) is 0 Å². The second-order valence-electron chi connectivity index (χ2n) is 11.0. The molecule has 0 radical (unpaired) electrons. The first-order valence-corrected chi connectivity index (χ1v) is 14.3. The van der Waals surface area contributed by atoms with E-state index in [-0.39, 0.29) is 0 Å². The van der Waals surface area contributed by atoms with Gasteiger partial charge in [0.15, 0.2) is 0 Å². The molecule has 4 atom stereocenters. The number of aliphatic carboxylic acids is 2. The van der Waals surface area contributed by atoms with Crippen molar-refractivity contribution >= 4 is 35.5 Å². The molecular formula is C26H44O4S2. The van der Waals surface area contributed by atoms with E-state index in [1.54, 1.807) is 0 Å². The molecule has 4 nitrogen and oxygen atoms in total. The molecule has 6 heteroatoms. The highest BCUT2D eigenvalue weighted by Crippen LogP contribution is 2.39. The van der Waals surface area contributed by atoms with Crippen LogP contribution in [0.1, 0.15) is 105 Å². The Morgan fingerprint density at radius 1 is 0.750 bits per heavy atom. The molecule has 2 aliphatic heterocycles. The van der Waals surface area contributed by atoms with E-state index in [4.69, 9.17) is 0 Å². The normalized spacial score (nSPS) is 27.5. The van der Waals surface area contributed by atoms with Crippen molar-refractivity contribution in [2.75, 3.05) is 0 Å². The summed E-state index contributed by atoms with van der Waals surface area (Å²) in [5.41, 5.74) is -1.23. The molecule has 2 N–H and O–H groups in total. The predicted molar refractivity (Wildman–Crippen MR) is 138 cm³/mol. The van der Waals surface area contributed by atoms with Crippen molar-refractivity contribution in [1.82, 2.24) is 0 Å². The first-order chi connectivity index (χ1) is 15.0. The van der Waals surface area contributed by atoms with Crippen molar-refractivity contribution in [2.45, 2.75) is 126 Å². The fraction of sp³-hybridized carbons (Fsp3) is 0.846. The van der Waals surface area contributed by atoms with Crippen LogP contribution in [0.15, 0.2) is 12.2 Å². The van der Waals surface area contributed by atoms with Crippen molar-refractivity contribution in [1.29, 1.82) is 0 Å². The van der Waals surface area contributed by atoms with Crippen molar-refractivity contribution in [2.24, 2.45) is 10.8 Å². The molecule has 0 aliphatic carbocycles. The van der Waals surface area contributed by atoms with E-state index in [1.807, 2.05) is 27.7 Å². The minimum Gasteiger partial charge on any atom is -0.481 e. The van der Waals surface area contributed by atoms with Gasteiger partial charge in [-0.2, -0.15) is 23.5 Å². The van der Waals surface area contributed by atoms with E-state index in [0.29, 0.717) is 21.0 Å². The van der Waals surface area contributed by atoms with Gasteiger partial charge in [-0.1, -0.05) is 37.8 Å². The molecule has 32 heavy (non-hydrogen) atoms. The smallest absolute Gasteiger partial charge is 0.309 e. The first kappa shape index (κ1) is 27.6. The lowest BCUT2D eigenvalue weighted by molar-refractivity contribution is -0.148. The van der Waals surface area contributed by atoms with E-state index in [1.165, 1.54) is 38.5 Å². The average molecular weight is 485 g/mol. The molecule has 2 aliphatic rings. The van der Waals surface area contributed by atoms with E-state index in [0.717, 1.165) is 38.5 Å². The van der Waals surface area contributed by atoms with Crippen LogP contribution in [0.25, 0.3) is 0 Å². The molecule has 0 aromatic rings. The highest BCUT2D eigenvalue weighted by molar-refractivity contribution is 8.01. The van der Waals surface area contributed by atoms with E-state index < -0.39 is 22.8 Å². The van der Waals surface area contributed by atoms with Crippen molar-refractivity contribution < 1.29 is 19.8 Å². The van der Waals surface area contributed by atoms with Crippen LogP contribution in [0.3, 0.4) is 0 Å². The summed E-state index contributed by atoms with van der Waals surface area (Å²) in [6.45, 7) is 7.32. The van der Waals surface area contributed by atoms with Gasteiger partial charge in [-0.05, 0) is 79.1 Å². The third-order valence-corrected chi connectivity index (χ3v) is 10.3. The number of rotatable bonds is 12. The Balaban J connectivity index is 1.72. The molecule has 2 rings (SSSR count). The summed E-state index contributed by atoms with van der Waals surface area (Å²) < 4.78 is 0. The molecule has 2 heterocycles. The maximum Gasteiger partial charge on any atom is 0.309 e. The highest BCUT2D eigenvalue weighted by Gasteiger charge is 2.29. The summed E-state index contributed by atoms with van der Waals surface area (Å²) in [4.78, 5) is 22.6. The standard InChI is InChI=1S/C26H44O4S2/c1-25(2,23(27)28)17-7-13-19-9-5-11-21(31-19)15-16-22-12-6-10-20(32-22)14-8-18-26(3,4)24(29)30/h15-16,19-22H,5-14,17-18H2,1-4H3,(H,27,28)(H,29,30)/b16-15-. The van der Waals surface area contributed by atoms with E-state index >= 15 is 0 Å². The van der Waals surface area contributed by atoms with Gasteiger partial charge in [0, 0.05) is 21.0 Å². The summed E-state index contributed by atoms with van der Waals surface area (Å²) in [7, 11) is 0. The van der Waals surface area contributed by atoms with Crippen LogP contribution in [0.2, 0.25) is 0 Å². The van der Waals surface area contributed by atoms with Gasteiger partial charge in [-0.3, -0.25) is 9.59 Å². The SMILES string of the molecule is CC(C)(CCCC1CCCC(/C=C\C2CCCC(CCCC(C)(C)C(=O)O)S2)S1)C(=O)O. The maximum absolute atomic E-state index is 11.3. The van der Waals surface area contributed by atoms with E-state index in [2.05, 4.69) is 35.7 Å². The molecule has 4 unspecified atom stereocenters. The van der Waals surface area contributed by atoms with E-state index in [9.17, 15) is 19.8 Å². The Kier molecular flexibility index (Phi) is 11.0.